The Balaban J connectivity index is 2.15. The molecule has 114 valence electrons. The van der Waals surface area contributed by atoms with Crippen LogP contribution in [0.4, 0.5) is 5.69 Å². The lowest BCUT2D eigenvalue weighted by Gasteiger charge is -2.08. The van der Waals surface area contributed by atoms with Crippen LogP contribution in [0.15, 0.2) is 47.9 Å². The van der Waals surface area contributed by atoms with E-state index in [-0.39, 0.29) is 0 Å². The third-order valence-corrected chi connectivity index (χ3v) is 4.23. The third kappa shape index (κ3) is 2.93. The van der Waals surface area contributed by atoms with Crippen molar-refractivity contribution >= 4 is 38.4 Å². The fraction of sp³-hybridized carbons (Fsp3) is 0.143. The molecule has 0 amide bonds. The van der Waals surface area contributed by atoms with Gasteiger partial charge in [0.2, 0.25) is 10.0 Å². The summed E-state index contributed by atoms with van der Waals surface area (Å²) in [6, 6.07) is 9.15. The van der Waals surface area contributed by atoms with Gasteiger partial charge in [0.15, 0.2) is 5.16 Å². The van der Waals surface area contributed by atoms with E-state index >= 15 is 0 Å². The molecule has 0 aliphatic heterocycles. The predicted octanol–water partition coefficient (Wildman–Crippen LogP) is 2.51. The van der Waals surface area contributed by atoms with Gasteiger partial charge in [-0.2, -0.15) is 0 Å². The molecule has 1 N–H and O–H groups in total. The van der Waals surface area contributed by atoms with Gasteiger partial charge < -0.3 is 4.57 Å². The number of fused-ring (bicyclic) bond motifs is 1. The molecule has 0 radical (unpaired) electrons. The summed E-state index contributed by atoms with van der Waals surface area (Å²) in [5.74, 6) is 0.742. The van der Waals surface area contributed by atoms with Crippen LogP contribution in [-0.2, 0) is 10.0 Å². The number of hydrogen-bond donors (Lipinski definition) is 1. The number of nitrogens with one attached hydrogen (secondary N) is 1. The van der Waals surface area contributed by atoms with E-state index in [0.29, 0.717) is 10.8 Å². The van der Waals surface area contributed by atoms with Crippen molar-refractivity contribution in [3.8, 4) is 5.82 Å². The second kappa shape index (κ2) is 5.62. The van der Waals surface area contributed by atoms with Gasteiger partial charge in [0.05, 0.1) is 17.5 Å². The molecule has 0 atom stereocenters. The van der Waals surface area contributed by atoms with E-state index in [0.717, 1.165) is 23.0 Å². The molecule has 0 bridgehead atoms. The highest BCUT2D eigenvalue weighted by Crippen LogP contribution is 2.27. The molecule has 0 aliphatic rings. The van der Waals surface area contributed by atoms with E-state index in [1.165, 1.54) is 11.8 Å². The number of aromatic nitrogens is 3. The van der Waals surface area contributed by atoms with Crippen LogP contribution in [0, 0.1) is 0 Å². The van der Waals surface area contributed by atoms with Gasteiger partial charge in [-0.3, -0.25) is 4.72 Å². The second-order valence-corrected chi connectivity index (χ2v) is 7.22. The summed E-state index contributed by atoms with van der Waals surface area (Å²) in [4.78, 5) is 8.62. The molecule has 3 aromatic rings. The normalized spacial score (nSPS) is 11.7. The third-order valence-electron chi connectivity index (χ3n) is 3.08. The molecule has 2 aromatic heterocycles. The average Bonchev–Trinajstić information content (AvgIpc) is 2.91. The Bertz CT molecular complexity index is 935. The van der Waals surface area contributed by atoms with Gasteiger partial charge in [0.1, 0.15) is 5.82 Å². The minimum atomic E-state index is -3.32. The quantitative estimate of drug-likeness (QED) is 0.586. The van der Waals surface area contributed by atoms with Crippen molar-refractivity contribution in [3.63, 3.8) is 0 Å². The number of benzene rings is 1. The molecule has 6 nitrogen and oxygen atoms in total. The van der Waals surface area contributed by atoms with E-state index in [1.54, 1.807) is 12.3 Å². The lowest BCUT2D eigenvalue weighted by Crippen LogP contribution is -2.09. The molecule has 2 heterocycles. The molecule has 0 saturated carbocycles. The van der Waals surface area contributed by atoms with E-state index in [4.69, 9.17) is 0 Å². The fourth-order valence-electron chi connectivity index (χ4n) is 2.22. The van der Waals surface area contributed by atoms with Gasteiger partial charge in [-0.05, 0) is 30.5 Å². The molecular weight excluding hydrogens is 320 g/mol. The average molecular weight is 334 g/mol. The number of anilines is 1. The van der Waals surface area contributed by atoms with Crippen molar-refractivity contribution < 1.29 is 8.42 Å². The molecule has 0 unspecified atom stereocenters. The molecule has 0 aliphatic carbocycles. The maximum absolute atomic E-state index is 11.5. The molecule has 8 heteroatoms. The van der Waals surface area contributed by atoms with Crippen molar-refractivity contribution in [2.45, 2.75) is 5.16 Å². The van der Waals surface area contributed by atoms with Crippen LogP contribution in [-0.4, -0.2) is 35.5 Å². The van der Waals surface area contributed by atoms with E-state index in [9.17, 15) is 8.42 Å². The Hall–Kier alpha value is -2.06. The zero-order chi connectivity index (χ0) is 15.7. The first kappa shape index (κ1) is 14.9. The van der Waals surface area contributed by atoms with Crippen LogP contribution < -0.4 is 4.72 Å². The van der Waals surface area contributed by atoms with Gasteiger partial charge in [-0.25, -0.2) is 18.4 Å². The minimum absolute atomic E-state index is 0.554. The predicted molar refractivity (Wildman–Crippen MR) is 89.1 cm³/mol. The molecular formula is C14H14N4O2S2. The molecule has 1 aromatic carbocycles. The van der Waals surface area contributed by atoms with Crippen LogP contribution in [0.5, 0.6) is 0 Å². The first-order chi connectivity index (χ1) is 10.5. The van der Waals surface area contributed by atoms with Crippen molar-refractivity contribution in [1.82, 2.24) is 14.5 Å². The second-order valence-electron chi connectivity index (χ2n) is 4.70. The topological polar surface area (TPSA) is 76.9 Å². The Morgan fingerprint density at radius 1 is 1.23 bits per heavy atom. The fourth-order valence-corrected chi connectivity index (χ4v) is 3.15. The van der Waals surface area contributed by atoms with E-state index in [1.807, 2.05) is 41.3 Å². The van der Waals surface area contributed by atoms with Crippen LogP contribution in [0.3, 0.4) is 0 Å². The van der Waals surface area contributed by atoms with Gasteiger partial charge >= 0.3 is 0 Å². The number of hydrogen-bond acceptors (Lipinski definition) is 5. The lowest BCUT2D eigenvalue weighted by atomic mass is 10.2. The molecule has 0 spiro atoms. The Morgan fingerprint density at radius 2 is 2.05 bits per heavy atom. The highest BCUT2D eigenvalue weighted by atomic mass is 32.2. The molecule has 0 fully saturated rings. The highest BCUT2D eigenvalue weighted by molar-refractivity contribution is 7.98. The Labute approximate surface area is 132 Å². The zero-order valence-electron chi connectivity index (χ0n) is 12.0. The van der Waals surface area contributed by atoms with E-state index in [2.05, 4.69) is 14.7 Å². The number of nitrogens with zero attached hydrogens (tertiary/aromatic N) is 3. The number of rotatable bonds is 4. The highest BCUT2D eigenvalue weighted by Gasteiger charge is 2.11. The maximum atomic E-state index is 11.5. The van der Waals surface area contributed by atoms with Crippen molar-refractivity contribution in [2.75, 3.05) is 17.2 Å². The summed E-state index contributed by atoms with van der Waals surface area (Å²) in [5.41, 5.74) is 1.43. The minimum Gasteiger partial charge on any atom is -0.301 e. The Morgan fingerprint density at radius 3 is 2.77 bits per heavy atom. The monoisotopic (exact) mass is 334 g/mol. The maximum Gasteiger partial charge on any atom is 0.229 e. The number of thioether (sulfide) groups is 1. The molecule has 3 rings (SSSR count). The van der Waals surface area contributed by atoms with Gasteiger partial charge in [0, 0.05) is 17.8 Å². The standard InChI is InChI=1S/C14H14N4O2S2/c1-21-14-15-8-6-13(16-14)18-9-7-10-11(17-22(2,19)20)4-3-5-12(10)18/h3-9,17H,1-2H3. The smallest absolute Gasteiger partial charge is 0.229 e. The van der Waals surface area contributed by atoms with Gasteiger partial charge in [-0.15, -0.1) is 0 Å². The van der Waals surface area contributed by atoms with Crippen molar-refractivity contribution in [3.05, 3.63) is 42.7 Å². The largest absolute Gasteiger partial charge is 0.301 e. The summed E-state index contributed by atoms with van der Waals surface area (Å²) in [6.07, 6.45) is 6.63. The summed E-state index contributed by atoms with van der Waals surface area (Å²) >= 11 is 1.47. The van der Waals surface area contributed by atoms with Crippen molar-refractivity contribution in [2.24, 2.45) is 0 Å². The SMILES string of the molecule is CSc1nccc(-n2ccc3c(NS(C)(=O)=O)cccc32)n1. The summed E-state index contributed by atoms with van der Waals surface area (Å²) in [7, 11) is -3.32. The van der Waals surface area contributed by atoms with Crippen LogP contribution in [0.25, 0.3) is 16.7 Å². The first-order valence-electron chi connectivity index (χ1n) is 6.43. The summed E-state index contributed by atoms with van der Waals surface area (Å²) in [5, 5.41) is 1.50. The van der Waals surface area contributed by atoms with Gasteiger partial charge in [-0.1, -0.05) is 17.8 Å². The number of sulfonamides is 1. The zero-order valence-corrected chi connectivity index (χ0v) is 13.6. The molecule has 0 saturated heterocycles. The lowest BCUT2D eigenvalue weighted by molar-refractivity contribution is 0.607. The van der Waals surface area contributed by atoms with Crippen LogP contribution >= 0.6 is 11.8 Å². The van der Waals surface area contributed by atoms with Crippen LogP contribution in [0.1, 0.15) is 0 Å². The van der Waals surface area contributed by atoms with Crippen LogP contribution in [0.2, 0.25) is 0 Å². The summed E-state index contributed by atoms with van der Waals surface area (Å²) < 4.78 is 27.4. The first-order valence-corrected chi connectivity index (χ1v) is 9.55. The van der Waals surface area contributed by atoms with Crippen molar-refractivity contribution in [1.29, 1.82) is 0 Å². The van der Waals surface area contributed by atoms with E-state index < -0.39 is 10.0 Å². The summed E-state index contributed by atoms with van der Waals surface area (Å²) in [6.45, 7) is 0. The Kier molecular flexibility index (Phi) is 3.79. The van der Waals surface area contributed by atoms with Gasteiger partial charge in [0.25, 0.3) is 0 Å². The molecule has 22 heavy (non-hydrogen) atoms.